The Morgan fingerprint density at radius 3 is 2.91 bits per heavy atom. The molecule has 0 saturated carbocycles. The molecule has 62 valence electrons. The number of hydrogen-bond donors (Lipinski definition) is 1. The van der Waals surface area contributed by atoms with Crippen molar-refractivity contribution in [3.63, 3.8) is 0 Å². The lowest BCUT2D eigenvalue weighted by atomic mass is 9.86. The van der Waals surface area contributed by atoms with Gasteiger partial charge in [-0.3, -0.25) is 4.79 Å². The van der Waals surface area contributed by atoms with Gasteiger partial charge in [0.2, 0.25) is 0 Å². The van der Waals surface area contributed by atoms with Crippen LogP contribution in [0.2, 0.25) is 0 Å². The van der Waals surface area contributed by atoms with E-state index in [-0.39, 0.29) is 11.8 Å². The molecule has 2 nitrogen and oxygen atoms in total. The van der Waals surface area contributed by atoms with E-state index >= 15 is 0 Å². The first-order chi connectivity index (χ1) is 5.22. The Kier molecular flexibility index (Phi) is 2.69. The zero-order valence-electron chi connectivity index (χ0n) is 6.79. The molecule has 2 heteroatoms. The maximum atomic E-state index is 10.6. The fraction of sp³-hybridized carbons (Fsp3) is 0.667. The number of hydrogen-bond acceptors (Lipinski definition) is 1. The van der Waals surface area contributed by atoms with Crippen molar-refractivity contribution in [3.05, 3.63) is 12.2 Å². The van der Waals surface area contributed by atoms with Crippen molar-refractivity contribution < 1.29 is 9.90 Å². The van der Waals surface area contributed by atoms with E-state index in [9.17, 15) is 4.79 Å². The molecule has 0 saturated heterocycles. The molecule has 0 fully saturated rings. The van der Waals surface area contributed by atoms with E-state index in [0.29, 0.717) is 0 Å². The third-order valence-electron chi connectivity index (χ3n) is 2.32. The monoisotopic (exact) mass is 154 g/mol. The van der Waals surface area contributed by atoms with Crippen molar-refractivity contribution >= 4 is 5.97 Å². The van der Waals surface area contributed by atoms with E-state index in [1.165, 1.54) is 0 Å². The molecular weight excluding hydrogens is 140 g/mol. The van der Waals surface area contributed by atoms with Crippen LogP contribution in [0, 0.1) is 11.8 Å². The number of carboxylic acids is 1. The molecule has 0 aromatic rings. The predicted molar refractivity (Wildman–Crippen MR) is 43.3 cm³/mol. The van der Waals surface area contributed by atoms with Crippen LogP contribution >= 0.6 is 0 Å². The fourth-order valence-corrected chi connectivity index (χ4v) is 1.44. The minimum absolute atomic E-state index is 0.216. The second-order valence-electron chi connectivity index (χ2n) is 3.15. The quantitative estimate of drug-likeness (QED) is 0.618. The van der Waals surface area contributed by atoms with Gasteiger partial charge in [-0.05, 0) is 25.2 Å². The Hall–Kier alpha value is -0.790. The average molecular weight is 154 g/mol. The van der Waals surface area contributed by atoms with E-state index in [1.54, 1.807) is 6.92 Å². The molecule has 1 N–H and O–H groups in total. The van der Waals surface area contributed by atoms with Crippen LogP contribution in [-0.4, -0.2) is 11.1 Å². The summed E-state index contributed by atoms with van der Waals surface area (Å²) in [6.45, 7) is 1.78. The van der Waals surface area contributed by atoms with Crippen LogP contribution in [-0.2, 0) is 4.79 Å². The standard InChI is InChI=1S/C9H14O2/c1-7(9(10)11)8-5-3-2-4-6-8/h3,5,7-8H,2,4,6H2,1H3,(H,10,11)/t7-,8-/m0/s1. The maximum Gasteiger partial charge on any atom is 0.306 e. The Labute approximate surface area is 66.9 Å². The third kappa shape index (κ3) is 2.07. The van der Waals surface area contributed by atoms with E-state index in [4.69, 9.17) is 5.11 Å². The molecule has 0 aliphatic heterocycles. The molecule has 1 rings (SSSR count). The van der Waals surface area contributed by atoms with Gasteiger partial charge in [0.05, 0.1) is 5.92 Å². The molecule has 0 amide bonds. The highest BCUT2D eigenvalue weighted by molar-refractivity contribution is 5.70. The van der Waals surface area contributed by atoms with Crippen molar-refractivity contribution in [2.45, 2.75) is 26.2 Å². The molecule has 1 aliphatic rings. The van der Waals surface area contributed by atoms with Gasteiger partial charge in [-0.25, -0.2) is 0 Å². The molecule has 0 aromatic carbocycles. The number of allylic oxidation sites excluding steroid dienone is 2. The second-order valence-corrected chi connectivity index (χ2v) is 3.15. The lowest BCUT2D eigenvalue weighted by Crippen LogP contribution is -2.20. The summed E-state index contributed by atoms with van der Waals surface area (Å²) in [4.78, 5) is 10.6. The first-order valence-corrected chi connectivity index (χ1v) is 4.11. The lowest BCUT2D eigenvalue weighted by molar-refractivity contribution is -0.142. The molecule has 0 unspecified atom stereocenters. The second kappa shape index (κ2) is 3.56. The van der Waals surface area contributed by atoms with Gasteiger partial charge in [-0.15, -0.1) is 0 Å². The smallest absolute Gasteiger partial charge is 0.306 e. The van der Waals surface area contributed by atoms with E-state index in [1.807, 2.05) is 6.08 Å². The molecule has 0 aromatic heterocycles. The zero-order valence-corrected chi connectivity index (χ0v) is 6.79. The van der Waals surface area contributed by atoms with E-state index in [2.05, 4.69) is 6.08 Å². The van der Waals surface area contributed by atoms with Crippen molar-refractivity contribution in [1.82, 2.24) is 0 Å². The summed E-state index contributed by atoms with van der Waals surface area (Å²) in [6.07, 6.45) is 7.42. The van der Waals surface area contributed by atoms with Crippen molar-refractivity contribution in [1.29, 1.82) is 0 Å². The van der Waals surface area contributed by atoms with Gasteiger partial charge in [-0.2, -0.15) is 0 Å². The predicted octanol–water partition coefficient (Wildman–Crippen LogP) is 2.06. The molecule has 1 aliphatic carbocycles. The number of aliphatic carboxylic acids is 1. The minimum Gasteiger partial charge on any atom is -0.481 e. The van der Waals surface area contributed by atoms with E-state index in [0.717, 1.165) is 19.3 Å². The fourth-order valence-electron chi connectivity index (χ4n) is 1.44. The molecular formula is C9H14O2. The van der Waals surface area contributed by atoms with Gasteiger partial charge < -0.3 is 5.11 Å². The Morgan fingerprint density at radius 1 is 1.73 bits per heavy atom. The van der Waals surface area contributed by atoms with Gasteiger partial charge in [-0.1, -0.05) is 19.1 Å². The molecule has 0 radical (unpaired) electrons. The van der Waals surface area contributed by atoms with Crippen LogP contribution in [0.4, 0.5) is 0 Å². The first-order valence-electron chi connectivity index (χ1n) is 4.11. The largest absolute Gasteiger partial charge is 0.481 e. The topological polar surface area (TPSA) is 37.3 Å². The number of carboxylic acid groups (broad SMARTS) is 1. The van der Waals surface area contributed by atoms with Crippen LogP contribution in [0.15, 0.2) is 12.2 Å². The van der Waals surface area contributed by atoms with Gasteiger partial charge in [0.1, 0.15) is 0 Å². The summed E-state index contributed by atoms with van der Waals surface area (Å²) in [6, 6.07) is 0. The minimum atomic E-state index is -0.679. The van der Waals surface area contributed by atoms with Crippen molar-refractivity contribution in [2.24, 2.45) is 11.8 Å². The maximum absolute atomic E-state index is 10.6. The van der Waals surface area contributed by atoms with Crippen LogP contribution in [0.5, 0.6) is 0 Å². The van der Waals surface area contributed by atoms with Crippen molar-refractivity contribution in [2.75, 3.05) is 0 Å². The summed E-state index contributed by atoms with van der Waals surface area (Å²) in [7, 11) is 0. The lowest BCUT2D eigenvalue weighted by Gasteiger charge is -2.19. The number of rotatable bonds is 2. The normalized spacial score (nSPS) is 26.5. The van der Waals surface area contributed by atoms with Gasteiger partial charge in [0.15, 0.2) is 0 Å². The third-order valence-corrected chi connectivity index (χ3v) is 2.32. The average Bonchev–Trinajstić information content (AvgIpc) is 2.05. The van der Waals surface area contributed by atoms with Crippen molar-refractivity contribution in [3.8, 4) is 0 Å². The Bertz CT molecular complexity index is 172. The summed E-state index contributed by atoms with van der Waals surface area (Å²) in [5.41, 5.74) is 0. The van der Waals surface area contributed by atoms with Gasteiger partial charge >= 0.3 is 5.97 Å². The highest BCUT2D eigenvalue weighted by Gasteiger charge is 2.21. The highest BCUT2D eigenvalue weighted by atomic mass is 16.4. The Morgan fingerprint density at radius 2 is 2.45 bits per heavy atom. The SMILES string of the molecule is C[C@H](C(=O)O)[C@H]1C=CCCC1. The molecule has 0 heterocycles. The first kappa shape index (κ1) is 8.31. The Balaban J connectivity index is 2.52. The molecule has 11 heavy (non-hydrogen) atoms. The van der Waals surface area contributed by atoms with Crippen LogP contribution in [0.3, 0.4) is 0 Å². The molecule has 0 bridgehead atoms. The molecule has 2 atom stereocenters. The van der Waals surface area contributed by atoms with Crippen LogP contribution in [0.1, 0.15) is 26.2 Å². The van der Waals surface area contributed by atoms with Gasteiger partial charge in [0, 0.05) is 0 Å². The summed E-state index contributed by atoms with van der Waals surface area (Å²) >= 11 is 0. The number of carbonyl (C=O) groups is 1. The van der Waals surface area contributed by atoms with Crippen LogP contribution in [0.25, 0.3) is 0 Å². The zero-order chi connectivity index (χ0) is 8.27. The van der Waals surface area contributed by atoms with Gasteiger partial charge in [0.25, 0.3) is 0 Å². The summed E-state index contributed by atoms with van der Waals surface area (Å²) in [5.74, 6) is -0.630. The van der Waals surface area contributed by atoms with Crippen LogP contribution < -0.4 is 0 Å². The summed E-state index contributed by atoms with van der Waals surface area (Å²) in [5, 5.41) is 8.70. The summed E-state index contributed by atoms with van der Waals surface area (Å²) < 4.78 is 0. The van der Waals surface area contributed by atoms with E-state index < -0.39 is 5.97 Å². The highest BCUT2D eigenvalue weighted by Crippen LogP contribution is 2.24. The molecule has 0 spiro atoms.